The molecular formula is C24H36N4O2. The molecule has 1 aromatic carbocycles. The van der Waals surface area contributed by atoms with Crippen LogP contribution in [0.5, 0.6) is 0 Å². The van der Waals surface area contributed by atoms with Crippen LogP contribution in [0.2, 0.25) is 0 Å². The first kappa shape index (κ1) is 21.2. The largest absolute Gasteiger partial charge is 0.383 e. The Bertz CT molecular complexity index is 774. The molecule has 1 amide bonds. The van der Waals surface area contributed by atoms with E-state index in [2.05, 4.69) is 16.7 Å². The first-order valence-electron chi connectivity index (χ1n) is 11.7. The lowest BCUT2D eigenvalue weighted by Gasteiger charge is -2.26. The van der Waals surface area contributed by atoms with E-state index < -0.39 is 5.60 Å². The van der Waals surface area contributed by atoms with Crippen LogP contribution in [0, 0.1) is 5.92 Å². The number of amides is 1. The molecular weight excluding hydrogens is 376 g/mol. The summed E-state index contributed by atoms with van der Waals surface area (Å²) in [5.74, 6) is 1.31. The number of likely N-dealkylation sites (tertiary alicyclic amines) is 1. The average molecular weight is 413 g/mol. The molecule has 3 aliphatic rings. The first-order valence-corrected chi connectivity index (χ1v) is 11.7. The third-order valence-electron chi connectivity index (χ3n) is 6.96. The molecule has 0 bridgehead atoms. The number of benzene rings is 1. The number of nitrogens with one attached hydrogen (secondary N) is 2. The number of carbonyl (C=O) groups excluding carboxylic acids is 1. The van der Waals surface area contributed by atoms with Crippen LogP contribution in [0.15, 0.2) is 29.3 Å². The Morgan fingerprint density at radius 3 is 2.83 bits per heavy atom. The maximum absolute atomic E-state index is 12.8. The Hall–Kier alpha value is -2.08. The topological polar surface area (TPSA) is 77.0 Å². The number of fused-ring (bicyclic) bond motifs is 1. The number of hydrogen-bond acceptors (Lipinski definition) is 3. The van der Waals surface area contributed by atoms with Crippen LogP contribution in [-0.2, 0) is 16.8 Å². The van der Waals surface area contributed by atoms with Crippen LogP contribution < -0.4 is 10.6 Å². The van der Waals surface area contributed by atoms with Crippen molar-refractivity contribution in [1.82, 2.24) is 15.5 Å². The van der Waals surface area contributed by atoms with Gasteiger partial charge in [-0.25, -0.2) is 4.99 Å². The fraction of sp³-hybridized carbons (Fsp3) is 0.667. The number of carbonyl (C=O) groups is 1. The molecule has 1 aromatic rings. The van der Waals surface area contributed by atoms with Gasteiger partial charge in [-0.2, -0.15) is 0 Å². The van der Waals surface area contributed by atoms with E-state index in [0.717, 1.165) is 56.8 Å². The number of nitrogens with zero attached hydrogens (tertiary/aromatic N) is 2. The molecule has 2 aliphatic carbocycles. The summed E-state index contributed by atoms with van der Waals surface area (Å²) in [5, 5.41) is 18.0. The van der Waals surface area contributed by atoms with Crippen LogP contribution in [0.25, 0.3) is 0 Å². The van der Waals surface area contributed by atoms with Crippen LogP contribution in [-0.4, -0.2) is 54.1 Å². The smallest absolute Gasteiger partial charge is 0.225 e. The predicted molar refractivity (Wildman–Crippen MR) is 119 cm³/mol. The molecule has 164 valence electrons. The van der Waals surface area contributed by atoms with Crippen molar-refractivity contribution in [3.05, 3.63) is 35.4 Å². The van der Waals surface area contributed by atoms with Crippen molar-refractivity contribution in [1.29, 1.82) is 0 Å². The maximum atomic E-state index is 12.8. The zero-order valence-electron chi connectivity index (χ0n) is 18.2. The minimum Gasteiger partial charge on any atom is -0.383 e. The number of aliphatic hydroxyl groups is 1. The first-order chi connectivity index (χ1) is 14.6. The van der Waals surface area contributed by atoms with E-state index in [1.54, 1.807) is 0 Å². The normalized spacial score (nSPS) is 27.2. The fourth-order valence-electron chi connectivity index (χ4n) is 5.24. The zero-order valence-corrected chi connectivity index (χ0v) is 18.2. The minimum atomic E-state index is -0.891. The Morgan fingerprint density at radius 1 is 1.23 bits per heavy atom. The van der Waals surface area contributed by atoms with Gasteiger partial charge < -0.3 is 20.6 Å². The van der Waals surface area contributed by atoms with Crippen molar-refractivity contribution in [2.75, 3.05) is 26.2 Å². The summed E-state index contributed by atoms with van der Waals surface area (Å²) < 4.78 is 0. The molecule has 6 heteroatoms. The van der Waals surface area contributed by atoms with Crippen molar-refractivity contribution in [3.63, 3.8) is 0 Å². The molecule has 30 heavy (non-hydrogen) atoms. The second kappa shape index (κ2) is 9.38. The lowest BCUT2D eigenvalue weighted by Crippen LogP contribution is -2.46. The molecule has 2 unspecified atom stereocenters. The van der Waals surface area contributed by atoms with Gasteiger partial charge in [0.15, 0.2) is 5.96 Å². The van der Waals surface area contributed by atoms with Crippen LogP contribution in [0.4, 0.5) is 0 Å². The highest BCUT2D eigenvalue weighted by Crippen LogP contribution is 2.36. The van der Waals surface area contributed by atoms with E-state index in [0.29, 0.717) is 18.9 Å². The second-order valence-electron chi connectivity index (χ2n) is 9.13. The molecule has 0 radical (unpaired) electrons. The van der Waals surface area contributed by atoms with Crippen molar-refractivity contribution < 1.29 is 9.90 Å². The van der Waals surface area contributed by atoms with Gasteiger partial charge in [0.25, 0.3) is 0 Å². The molecule has 1 heterocycles. The van der Waals surface area contributed by atoms with Gasteiger partial charge in [-0.1, -0.05) is 43.5 Å². The van der Waals surface area contributed by atoms with Gasteiger partial charge in [-0.15, -0.1) is 0 Å². The molecule has 6 nitrogen and oxygen atoms in total. The summed E-state index contributed by atoms with van der Waals surface area (Å²) in [7, 11) is 0. The molecule has 3 N–H and O–H groups in total. The molecule has 2 fully saturated rings. The van der Waals surface area contributed by atoms with Gasteiger partial charge in [0.2, 0.25) is 5.91 Å². The highest BCUT2D eigenvalue weighted by Gasteiger charge is 2.36. The molecule has 0 aromatic heterocycles. The summed E-state index contributed by atoms with van der Waals surface area (Å²) in [6.45, 7) is 4.72. The quantitative estimate of drug-likeness (QED) is 0.513. The molecule has 2 atom stereocenters. The van der Waals surface area contributed by atoms with Crippen LogP contribution >= 0.6 is 0 Å². The van der Waals surface area contributed by atoms with Crippen molar-refractivity contribution in [2.24, 2.45) is 10.9 Å². The van der Waals surface area contributed by atoms with E-state index >= 15 is 0 Å². The van der Waals surface area contributed by atoms with E-state index in [-0.39, 0.29) is 12.0 Å². The summed E-state index contributed by atoms with van der Waals surface area (Å²) in [6, 6.07) is 8.33. The number of aryl methyl sites for hydroxylation is 1. The molecule has 0 spiro atoms. The van der Waals surface area contributed by atoms with E-state index in [4.69, 9.17) is 4.99 Å². The highest BCUT2D eigenvalue weighted by atomic mass is 16.3. The Balaban J connectivity index is 1.35. The van der Waals surface area contributed by atoms with Crippen molar-refractivity contribution >= 4 is 11.9 Å². The van der Waals surface area contributed by atoms with Gasteiger partial charge in [-0.3, -0.25) is 4.79 Å². The lowest BCUT2D eigenvalue weighted by atomic mass is 9.88. The van der Waals surface area contributed by atoms with E-state index in [1.165, 1.54) is 24.8 Å². The Kier molecular flexibility index (Phi) is 6.61. The number of aliphatic imine (C=N–C) groups is 1. The second-order valence-corrected chi connectivity index (χ2v) is 9.13. The number of guanidine groups is 1. The van der Waals surface area contributed by atoms with Gasteiger partial charge >= 0.3 is 0 Å². The fourth-order valence-corrected chi connectivity index (χ4v) is 5.24. The van der Waals surface area contributed by atoms with Crippen molar-refractivity contribution in [3.8, 4) is 0 Å². The van der Waals surface area contributed by atoms with Gasteiger partial charge in [0, 0.05) is 31.6 Å². The summed E-state index contributed by atoms with van der Waals surface area (Å²) >= 11 is 0. The third kappa shape index (κ3) is 4.64. The third-order valence-corrected chi connectivity index (χ3v) is 6.96. The standard InChI is InChI=1S/C24H36N4O2/c1-2-25-23(26-17-24(30)14-12-18-8-6-7-11-21(18)24)27-20-13-15-28(16-20)22(29)19-9-4-3-5-10-19/h6-8,11,19-20,30H,2-5,9-10,12-17H2,1H3,(H2,25,26,27). The summed E-state index contributed by atoms with van der Waals surface area (Å²) in [6.07, 6.45) is 8.30. The van der Waals surface area contributed by atoms with E-state index in [1.807, 2.05) is 30.0 Å². The number of rotatable bonds is 5. The van der Waals surface area contributed by atoms with Crippen LogP contribution in [0.3, 0.4) is 0 Å². The minimum absolute atomic E-state index is 0.209. The Morgan fingerprint density at radius 2 is 2.03 bits per heavy atom. The highest BCUT2D eigenvalue weighted by molar-refractivity contribution is 5.81. The zero-order chi connectivity index (χ0) is 21.0. The monoisotopic (exact) mass is 412 g/mol. The summed E-state index contributed by atoms with van der Waals surface area (Å²) in [5.41, 5.74) is 1.34. The molecule has 1 aliphatic heterocycles. The van der Waals surface area contributed by atoms with Gasteiger partial charge in [0.05, 0.1) is 6.54 Å². The molecule has 1 saturated carbocycles. The average Bonchev–Trinajstić information content (AvgIpc) is 3.38. The predicted octanol–water partition coefficient (Wildman–Crippen LogP) is 2.56. The SMILES string of the molecule is CCNC(=NCC1(O)CCc2ccccc21)NC1CCN(C(=O)C2CCCCC2)C1. The lowest BCUT2D eigenvalue weighted by molar-refractivity contribution is -0.135. The Labute approximate surface area is 180 Å². The molecule has 1 saturated heterocycles. The number of hydrogen-bond donors (Lipinski definition) is 3. The van der Waals surface area contributed by atoms with Crippen molar-refractivity contribution in [2.45, 2.75) is 69.9 Å². The van der Waals surface area contributed by atoms with E-state index in [9.17, 15) is 9.90 Å². The van der Waals surface area contributed by atoms with Crippen LogP contribution in [0.1, 0.15) is 63.0 Å². The van der Waals surface area contributed by atoms with Gasteiger partial charge in [-0.05, 0) is 50.2 Å². The summed E-state index contributed by atoms with van der Waals surface area (Å²) in [4.78, 5) is 19.6. The van der Waals surface area contributed by atoms with Gasteiger partial charge in [0.1, 0.15) is 5.60 Å². The molecule has 4 rings (SSSR count). The maximum Gasteiger partial charge on any atom is 0.225 e.